The number of pyridine rings is 2. The molecule has 0 unspecified atom stereocenters. The predicted octanol–water partition coefficient (Wildman–Crippen LogP) is 1.77. The van der Waals surface area contributed by atoms with Gasteiger partial charge in [-0.05, 0) is 54.4 Å². The summed E-state index contributed by atoms with van der Waals surface area (Å²) in [4.78, 5) is 33.8. The number of aliphatic hydroxyl groups is 1. The number of carbonyl (C=O) groups is 2. The first-order valence-corrected chi connectivity index (χ1v) is 9.62. The highest BCUT2D eigenvalue weighted by Crippen LogP contribution is 2.26. The molecule has 0 saturated carbocycles. The molecule has 154 valence electrons. The summed E-state index contributed by atoms with van der Waals surface area (Å²) in [6.07, 6.45) is 3.43. The van der Waals surface area contributed by atoms with E-state index in [9.17, 15) is 14.7 Å². The van der Waals surface area contributed by atoms with Gasteiger partial charge < -0.3 is 19.8 Å². The Morgan fingerprint density at radius 2 is 1.87 bits per heavy atom. The lowest BCUT2D eigenvalue weighted by Crippen LogP contribution is -2.29. The van der Waals surface area contributed by atoms with Crippen LogP contribution in [0, 0.1) is 5.92 Å². The smallest absolute Gasteiger partial charge is 0.341 e. The lowest BCUT2D eigenvalue weighted by Gasteiger charge is -2.17. The van der Waals surface area contributed by atoms with Gasteiger partial charge in [0.25, 0.3) is 5.91 Å². The zero-order chi connectivity index (χ0) is 21.1. The first kappa shape index (κ1) is 19.8. The number of amides is 1. The lowest BCUT2D eigenvalue weighted by molar-refractivity contribution is -0.139. The highest BCUT2D eigenvalue weighted by atomic mass is 16.5. The van der Waals surface area contributed by atoms with E-state index in [1.54, 1.807) is 41.6 Å². The number of carboxylic acid groups (broad SMARTS) is 1. The number of β-amino-alcohol motifs (C(OH)–C–C–N with tert-alkyl or cyclic N) is 1. The molecule has 4 rings (SSSR count). The minimum absolute atomic E-state index is 0.0975. The second-order valence-corrected chi connectivity index (χ2v) is 7.29. The summed E-state index contributed by atoms with van der Waals surface area (Å²) in [6.45, 7) is 0.261. The van der Waals surface area contributed by atoms with Gasteiger partial charge in [-0.15, -0.1) is 0 Å². The van der Waals surface area contributed by atoms with E-state index < -0.39 is 18.7 Å². The number of carbonyl (C=O) groups excluding carboxylic acids is 1. The molecule has 1 fully saturated rings. The average Bonchev–Trinajstić information content (AvgIpc) is 3.12. The number of aliphatic hydroxyl groups excluding tert-OH is 1. The number of ether oxygens (including phenoxy) is 1. The van der Waals surface area contributed by atoms with E-state index in [4.69, 9.17) is 9.84 Å². The van der Waals surface area contributed by atoms with Crippen molar-refractivity contribution in [3.63, 3.8) is 0 Å². The zero-order valence-corrected chi connectivity index (χ0v) is 16.1. The van der Waals surface area contributed by atoms with Gasteiger partial charge in [0.1, 0.15) is 5.75 Å². The van der Waals surface area contributed by atoms with E-state index in [2.05, 4.69) is 9.97 Å². The van der Waals surface area contributed by atoms with Crippen LogP contribution in [0.5, 0.6) is 5.75 Å². The third-order valence-corrected chi connectivity index (χ3v) is 5.22. The van der Waals surface area contributed by atoms with Crippen molar-refractivity contribution < 1.29 is 24.5 Å². The molecule has 1 aromatic carbocycles. The molecule has 3 aromatic rings. The molecule has 1 saturated heterocycles. The molecular weight excluding hydrogens is 386 g/mol. The van der Waals surface area contributed by atoms with Crippen LogP contribution in [0.2, 0.25) is 0 Å². The molecule has 2 aromatic heterocycles. The summed E-state index contributed by atoms with van der Waals surface area (Å²) < 4.78 is 5.09. The molecule has 8 heteroatoms. The van der Waals surface area contributed by atoms with Gasteiger partial charge in [-0.3, -0.25) is 14.8 Å². The Bertz CT molecular complexity index is 1060. The maximum atomic E-state index is 12.8. The van der Waals surface area contributed by atoms with Crippen molar-refractivity contribution in [3.05, 3.63) is 66.0 Å². The monoisotopic (exact) mass is 407 g/mol. The SMILES string of the molecule is O=C(O)COc1ccc(C(=O)N2C[C@@H](Cc3ccnc4cccnc34)[C@@H](O)C2)cc1. The van der Waals surface area contributed by atoms with Gasteiger partial charge in [0.15, 0.2) is 6.61 Å². The third kappa shape index (κ3) is 4.23. The Hall–Kier alpha value is -3.52. The number of aromatic nitrogens is 2. The standard InChI is InChI=1S/C22H21N3O5/c26-19-12-25(22(29)14-3-5-17(6-4-14)30-13-20(27)28)11-16(19)10-15-7-9-23-18-2-1-8-24-21(15)18/h1-9,16,19,26H,10-13H2,(H,27,28)/t16-,19+/m1/s1. The summed E-state index contributed by atoms with van der Waals surface area (Å²) in [5.41, 5.74) is 3.08. The number of carboxylic acids is 1. The van der Waals surface area contributed by atoms with E-state index in [-0.39, 0.29) is 18.4 Å². The van der Waals surface area contributed by atoms with Crippen LogP contribution in [0.3, 0.4) is 0 Å². The van der Waals surface area contributed by atoms with Crippen LogP contribution in [0.25, 0.3) is 11.0 Å². The fourth-order valence-corrected chi connectivity index (χ4v) is 3.72. The number of rotatable bonds is 6. The molecule has 3 heterocycles. The van der Waals surface area contributed by atoms with Crippen LogP contribution in [-0.4, -0.2) is 62.8 Å². The summed E-state index contributed by atoms with van der Waals surface area (Å²) in [5, 5.41) is 19.2. The maximum Gasteiger partial charge on any atom is 0.341 e. The number of nitrogens with zero attached hydrogens (tertiary/aromatic N) is 3. The fraction of sp³-hybridized carbons (Fsp3) is 0.273. The molecule has 1 aliphatic rings. The van der Waals surface area contributed by atoms with Crippen LogP contribution in [0.4, 0.5) is 0 Å². The molecule has 0 radical (unpaired) electrons. The van der Waals surface area contributed by atoms with Gasteiger partial charge in [0, 0.05) is 37.0 Å². The topological polar surface area (TPSA) is 113 Å². The maximum absolute atomic E-state index is 12.8. The molecular formula is C22H21N3O5. The molecule has 0 bridgehead atoms. The fourth-order valence-electron chi connectivity index (χ4n) is 3.72. The van der Waals surface area contributed by atoms with Crippen LogP contribution in [0.15, 0.2) is 54.9 Å². The molecule has 2 N–H and O–H groups in total. The number of benzene rings is 1. The molecule has 1 amide bonds. The third-order valence-electron chi connectivity index (χ3n) is 5.22. The van der Waals surface area contributed by atoms with Crippen LogP contribution < -0.4 is 4.74 Å². The summed E-state index contributed by atoms with van der Waals surface area (Å²) in [7, 11) is 0. The Morgan fingerprint density at radius 1 is 1.07 bits per heavy atom. The van der Waals surface area contributed by atoms with Crippen molar-refractivity contribution in [1.82, 2.24) is 14.9 Å². The quantitative estimate of drug-likeness (QED) is 0.640. The minimum Gasteiger partial charge on any atom is -0.482 e. The molecule has 1 aliphatic heterocycles. The number of likely N-dealkylation sites (tertiary alicyclic amines) is 1. The summed E-state index contributed by atoms with van der Waals surface area (Å²) in [5.74, 6) is -0.964. The minimum atomic E-state index is -1.07. The van der Waals surface area contributed by atoms with E-state index in [1.165, 1.54) is 0 Å². The van der Waals surface area contributed by atoms with Crippen molar-refractivity contribution in [1.29, 1.82) is 0 Å². The predicted molar refractivity (Wildman–Crippen MR) is 108 cm³/mol. The number of aliphatic carboxylic acids is 1. The number of hydrogen-bond acceptors (Lipinski definition) is 6. The van der Waals surface area contributed by atoms with E-state index in [0.29, 0.717) is 24.3 Å². The number of hydrogen-bond donors (Lipinski definition) is 2. The Kier molecular flexibility index (Phi) is 5.58. The van der Waals surface area contributed by atoms with Crippen LogP contribution >= 0.6 is 0 Å². The van der Waals surface area contributed by atoms with E-state index in [1.807, 2.05) is 18.2 Å². The Morgan fingerprint density at radius 3 is 2.63 bits per heavy atom. The van der Waals surface area contributed by atoms with Gasteiger partial charge in [-0.2, -0.15) is 0 Å². The van der Waals surface area contributed by atoms with Crippen LogP contribution in [-0.2, 0) is 11.2 Å². The van der Waals surface area contributed by atoms with Gasteiger partial charge in [-0.1, -0.05) is 0 Å². The lowest BCUT2D eigenvalue weighted by atomic mass is 9.96. The Labute approximate surface area is 172 Å². The van der Waals surface area contributed by atoms with Crippen molar-refractivity contribution in [2.75, 3.05) is 19.7 Å². The summed E-state index contributed by atoms with van der Waals surface area (Å²) in [6, 6.07) is 12.0. The van der Waals surface area contributed by atoms with Gasteiger partial charge in [-0.25, -0.2) is 4.79 Å². The first-order valence-electron chi connectivity index (χ1n) is 9.62. The largest absolute Gasteiger partial charge is 0.482 e. The average molecular weight is 407 g/mol. The first-order chi connectivity index (χ1) is 14.5. The van der Waals surface area contributed by atoms with Gasteiger partial charge in [0.2, 0.25) is 0 Å². The molecule has 0 spiro atoms. The van der Waals surface area contributed by atoms with Crippen molar-refractivity contribution in [3.8, 4) is 5.75 Å². The highest BCUT2D eigenvalue weighted by Gasteiger charge is 2.34. The Balaban J connectivity index is 1.43. The van der Waals surface area contributed by atoms with Crippen LogP contribution in [0.1, 0.15) is 15.9 Å². The normalized spacial score (nSPS) is 18.5. The van der Waals surface area contributed by atoms with E-state index >= 15 is 0 Å². The second kappa shape index (κ2) is 8.46. The molecule has 0 aliphatic carbocycles. The van der Waals surface area contributed by atoms with Gasteiger partial charge >= 0.3 is 5.97 Å². The summed E-state index contributed by atoms with van der Waals surface area (Å²) >= 11 is 0. The van der Waals surface area contributed by atoms with Crippen molar-refractivity contribution >= 4 is 22.9 Å². The number of fused-ring (bicyclic) bond motifs is 1. The van der Waals surface area contributed by atoms with Gasteiger partial charge in [0.05, 0.1) is 17.1 Å². The van der Waals surface area contributed by atoms with Crippen molar-refractivity contribution in [2.45, 2.75) is 12.5 Å². The van der Waals surface area contributed by atoms with E-state index in [0.717, 1.165) is 16.6 Å². The molecule has 8 nitrogen and oxygen atoms in total. The molecule has 2 atom stereocenters. The zero-order valence-electron chi connectivity index (χ0n) is 16.1. The molecule has 30 heavy (non-hydrogen) atoms. The second-order valence-electron chi connectivity index (χ2n) is 7.29. The van der Waals surface area contributed by atoms with Crippen molar-refractivity contribution in [2.24, 2.45) is 5.92 Å². The highest BCUT2D eigenvalue weighted by molar-refractivity contribution is 5.94.